The van der Waals surface area contributed by atoms with Crippen LogP contribution in [0, 0.1) is 6.92 Å². The second kappa shape index (κ2) is 9.57. The number of hydrogen-bond donors (Lipinski definition) is 1. The first-order valence-electron chi connectivity index (χ1n) is 9.28. The molecule has 0 saturated carbocycles. The largest absolute Gasteiger partial charge is 0.493 e. The van der Waals surface area contributed by atoms with Gasteiger partial charge < -0.3 is 19.5 Å². The van der Waals surface area contributed by atoms with Crippen LogP contribution in [-0.4, -0.2) is 49.8 Å². The zero-order valence-electron chi connectivity index (χ0n) is 17.6. The van der Waals surface area contributed by atoms with Gasteiger partial charge in [-0.15, -0.1) is 0 Å². The molecule has 3 amide bonds. The second-order valence-corrected chi connectivity index (χ2v) is 7.63. The average molecular weight is 442 g/mol. The normalized spacial score (nSPS) is 14.7. The van der Waals surface area contributed by atoms with Crippen molar-refractivity contribution in [1.82, 2.24) is 4.90 Å². The lowest BCUT2D eigenvalue weighted by atomic mass is 10.1. The molecule has 0 spiro atoms. The SMILES string of the molecule is COc1cc(/C=C2\SC(=O)N(CC(=O)Nc3ccc(C)cc3)C2=O)cc(OC)c1OC. The van der Waals surface area contributed by atoms with Gasteiger partial charge in [0.2, 0.25) is 11.7 Å². The van der Waals surface area contributed by atoms with E-state index >= 15 is 0 Å². The third kappa shape index (κ3) is 5.00. The van der Waals surface area contributed by atoms with E-state index in [4.69, 9.17) is 14.2 Å². The number of nitrogens with zero attached hydrogens (tertiary/aromatic N) is 1. The Balaban J connectivity index is 1.77. The van der Waals surface area contributed by atoms with Crippen LogP contribution in [0.1, 0.15) is 11.1 Å². The topological polar surface area (TPSA) is 94.2 Å². The first kappa shape index (κ1) is 22.2. The Hall–Kier alpha value is -3.46. The number of anilines is 1. The number of hydrogen-bond acceptors (Lipinski definition) is 7. The van der Waals surface area contributed by atoms with Gasteiger partial charge >= 0.3 is 0 Å². The molecule has 0 atom stereocenters. The molecule has 0 bridgehead atoms. The lowest BCUT2D eigenvalue weighted by Gasteiger charge is -2.13. The average Bonchev–Trinajstić information content (AvgIpc) is 3.01. The third-order valence-corrected chi connectivity index (χ3v) is 5.40. The molecule has 1 N–H and O–H groups in total. The summed E-state index contributed by atoms with van der Waals surface area (Å²) in [5, 5.41) is 2.17. The van der Waals surface area contributed by atoms with Crippen molar-refractivity contribution in [2.24, 2.45) is 0 Å². The van der Waals surface area contributed by atoms with E-state index in [0.717, 1.165) is 22.2 Å². The molecular weight excluding hydrogens is 420 g/mol. The van der Waals surface area contributed by atoms with Crippen molar-refractivity contribution in [1.29, 1.82) is 0 Å². The second-order valence-electron chi connectivity index (χ2n) is 6.64. The Kier molecular flexibility index (Phi) is 6.86. The Labute approximate surface area is 184 Å². The Morgan fingerprint density at radius 3 is 2.19 bits per heavy atom. The van der Waals surface area contributed by atoms with Crippen LogP contribution >= 0.6 is 11.8 Å². The van der Waals surface area contributed by atoms with Crippen molar-refractivity contribution in [2.45, 2.75) is 6.92 Å². The molecule has 162 valence electrons. The highest BCUT2D eigenvalue weighted by Crippen LogP contribution is 2.40. The molecule has 1 saturated heterocycles. The fourth-order valence-corrected chi connectivity index (χ4v) is 3.79. The van der Waals surface area contributed by atoms with E-state index in [1.807, 2.05) is 19.1 Å². The van der Waals surface area contributed by atoms with Gasteiger partial charge in [0.05, 0.1) is 26.2 Å². The minimum absolute atomic E-state index is 0.197. The molecule has 2 aromatic carbocycles. The number of ether oxygens (including phenoxy) is 3. The van der Waals surface area contributed by atoms with Gasteiger partial charge in [-0.05, 0) is 54.6 Å². The predicted molar refractivity (Wildman–Crippen MR) is 119 cm³/mol. The van der Waals surface area contributed by atoms with Crippen molar-refractivity contribution in [3.8, 4) is 17.2 Å². The van der Waals surface area contributed by atoms with Gasteiger partial charge in [0.1, 0.15) is 6.54 Å². The molecular formula is C22H22N2O6S. The van der Waals surface area contributed by atoms with Crippen LogP contribution in [0.25, 0.3) is 6.08 Å². The lowest BCUT2D eigenvalue weighted by Crippen LogP contribution is -2.36. The van der Waals surface area contributed by atoms with Crippen LogP contribution in [0.4, 0.5) is 10.5 Å². The minimum atomic E-state index is -0.539. The van der Waals surface area contributed by atoms with E-state index in [1.165, 1.54) is 21.3 Å². The number of benzene rings is 2. The molecule has 0 aromatic heterocycles. The Morgan fingerprint density at radius 2 is 1.65 bits per heavy atom. The lowest BCUT2D eigenvalue weighted by molar-refractivity contribution is -0.127. The summed E-state index contributed by atoms with van der Waals surface area (Å²) in [7, 11) is 4.47. The summed E-state index contributed by atoms with van der Waals surface area (Å²) in [5.74, 6) is 0.264. The van der Waals surface area contributed by atoms with Crippen LogP contribution in [0.3, 0.4) is 0 Å². The smallest absolute Gasteiger partial charge is 0.294 e. The molecule has 0 aliphatic carbocycles. The quantitative estimate of drug-likeness (QED) is 0.654. The van der Waals surface area contributed by atoms with Crippen molar-refractivity contribution in [3.05, 3.63) is 52.4 Å². The molecule has 1 aliphatic heterocycles. The summed E-state index contributed by atoms with van der Waals surface area (Å²) in [4.78, 5) is 38.5. The zero-order chi connectivity index (χ0) is 22.5. The van der Waals surface area contributed by atoms with E-state index in [1.54, 1.807) is 30.3 Å². The molecule has 2 aromatic rings. The fraction of sp³-hybridized carbons (Fsp3) is 0.227. The molecule has 9 heteroatoms. The summed E-state index contributed by atoms with van der Waals surface area (Å²) in [6, 6.07) is 10.6. The van der Waals surface area contributed by atoms with Crippen LogP contribution in [0.5, 0.6) is 17.2 Å². The molecule has 3 rings (SSSR count). The third-order valence-electron chi connectivity index (χ3n) is 4.50. The molecule has 1 heterocycles. The first-order valence-corrected chi connectivity index (χ1v) is 10.1. The maximum atomic E-state index is 12.7. The number of thioether (sulfide) groups is 1. The van der Waals surface area contributed by atoms with Gasteiger partial charge in [-0.1, -0.05) is 17.7 Å². The van der Waals surface area contributed by atoms with E-state index in [0.29, 0.717) is 28.5 Å². The number of rotatable bonds is 7. The van der Waals surface area contributed by atoms with Crippen LogP contribution in [-0.2, 0) is 9.59 Å². The predicted octanol–water partition coefficient (Wildman–Crippen LogP) is 3.70. The Morgan fingerprint density at radius 1 is 1.03 bits per heavy atom. The van der Waals surface area contributed by atoms with Crippen molar-refractivity contribution < 1.29 is 28.6 Å². The summed E-state index contributed by atoms with van der Waals surface area (Å²) in [6.07, 6.45) is 1.55. The number of carbonyl (C=O) groups is 3. The Bertz CT molecular complexity index is 1020. The minimum Gasteiger partial charge on any atom is -0.493 e. The standard InChI is InChI=1S/C22H22N2O6S/c1-13-5-7-15(8-6-13)23-19(25)12-24-21(26)18(31-22(24)27)11-14-9-16(28-2)20(30-4)17(10-14)29-3/h5-11H,12H2,1-4H3,(H,23,25)/b18-11-. The first-order chi connectivity index (χ1) is 14.9. The van der Waals surface area contributed by atoms with Crippen molar-refractivity contribution >= 4 is 40.6 Å². The number of aryl methyl sites for hydroxylation is 1. The van der Waals surface area contributed by atoms with Crippen molar-refractivity contribution in [2.75, 3.05) is 33.2 Å². The van der Waals surface area contributed by atoms with E-state index < -0.39 is 17.1 Å². The van der Waals surface area contributed by atoms with Gasteiger partial charge in [0, 0.05) is 5.69 Å². The fourth-order valence-electron chi connectivity index (χ4n) is 2.95. The summed E-state index contributed by atoms with van der Waals surface area (Å²) in [6.45, 7) is 1.57. The van der Waals surface area contributed by atoms with Crippen LogP contribution in [0.2, 0.25) is 0 Å². The van der Waals surface area contributed by atoms with Gasteiger partial charge in [0.25, 0.3) is 11.1 Å². The van der Waals surface area contributed by atoms with E-state index in [-0.39, 0.29) is 11.4 Å². The van der Waals surface area contributed by atoms with E-state index in [9.17, 15) is 14.4 Å². The van der Waals surface area contributed by atoms with Crippen LogP contribution < -0.4 is 19.5 Å². The molecule has 8 nitrogen and oxygen atoms in total. The molecule has 31 heavy (non-hydrogen) atoms. The van der Waals surface area contributed by atoms with Crippen molar-refractivity contribution in [3.63, 3.8) is 0 Å². The summed E-state index contributed by atoms with van der Waals surface area (Å²) >= 11 is 0.769. The monoisotopic (exact) mass is 442 g/mol. The maximum Gasteiger partial charge on any atom is 0.294 e. The molecule has 1 fully saturated rings. The summed E-state index contributed by atoms with van der Waals surface area (Å²) in [5.41, 5.74) is 2.24. The number of methoxy groups -OCH3 is 3. The molecule has 0 unspecified atom stereocenters. The van der Waals surface area contributed by atoms with Gasteiger partial charge in [-0.3, -0.25) is 19.3 Å². The highest BCUT2D eigenvalue weighted by Gasteiger charge is 2.36. The van der Waals surface area contributed by atoms with Gasteiger partial charge in [-0.2, -0.15) is 0 Å². The number of nitrogens with one attached hydrogen (secondary N) is 1. The zero-order valence-corrected chi connectivity index (χ0v) is 18.4. The van der Waals surface area contributed by atoms with Gasteiger partial charge in [0.15, 0.2) is 11.5 Å². The number of carbonyl (C=O) groups excluding carboxylic acids is 3. The molecule has 0 radical (unpaired) electrons. The maximum absolute atomic E-state index is 12.7. The van der Waals surface area contributed by atoms with E-state index in [2.05, 4.69) is 5.32 Å². The molecule has 1 aliphatic rings. The van der Waals surface area contributed by atoms with Crippen LogP contribution in [0.15, 0.2) is 41.3 Å². The highest BCUT2D eigenvalue weighted by atomic mass is 32.2. The highest BCUT2D eigenvalue weighted by molar-refractivity contribution is 8.18. The van der Waals surface area contributed by atoms with Gasteiger partial charge in [-0.25, -0.2) is 0 Å². The number of amides is 3. The summed E-state index contributed by atoms with van der Waals surface area (Å²) < 4.78 is 15.9. The number of imide groups is 1.